The van der Waals surface area contributed by atoms with Gasteiger partial charge in [0, 0.05) is 74.1 Å². The van der Waals surface area contributed by atoms with Gasteiger partial charge in [-0.25, -0.2) is 0 Å². The second kappa shape index (κ2) is 27.0. The van der Waals surface area contributed by atoms with Crippen LogP contribution in [0.4, 0.5) is 0 Å². The molecule has 0 bridgehead atoms. The summed E-state index contributed by atoms with van der Waals surface area (Å²) in [5.41, 5.74) is 3.61. The molecule has 0 fully saturated rings. The van der Waals surface area contributed by atoms with Crippen molar-refractivity contribution in [3.8, 4) is 28.2 Å². The smallest absolute Gasteiger partial charge is 0.251 e. The van der Waals surface area contributed by atoms with E-state index in [4.69, 9.17) is 4.42 Å². The minimum atomic E-state index is -1.06. The predicted octanol–water partition coefficient (Wildman–Crippen LogP) is 3.96. The summed E-state index contributed by atoms with van der Waals surface area (Å²) in [5, 5.41) is 40.1. The van der Waals surface area contributed by atoms with Crippen molar-refractivity contribution in [2.45, 2.75) is 103 Å². The molecule has 2 aliphatic rings. The van der Waals surface area contributed by atoms with Gasteiger partial charge in [0.2, 0.25) is 35.4 Å². The molecular weight excluding hydrogens is 911 g/mol. The quantitative estimate of drug-likeness (QED) is 0.0283. The fourth-order valence-electron chi connectivity index (χ4n) is 8.17. The molecule has 9 N–H and O–H groups in total. The van der Waals surface area contributed by atoms with Crippen LogP contribution in [0.5, 0.6) is 5.75 Å². The second-order valence-corrected chi connectivity index (χ2v) is 17.8. The highest BCUT2D eigenvalue weighted by Crippen LogP contribution is 2.42. The summed E-state index contributed by atoms with van der Waals surface area (Å²) < 4.78 is 5.94. The van der Waals surface area contributed by atoms with Crippen LogP contribution in [-0.2, 0) is 41.8 Å². The van der Waals surface area contributed by atoms with Crippen LogP contribution in [0.15, 0.2) is 94.1 Å². The molecule has 18 heteroatoms. The van der Waals surface area contributed by atoms with E-state index in [1.807, 2.05) is 44.2 Å². The number of phenols is 1. The van der Waals surface area contributed by atoms with Crippen LogP contribution in [-0.4, -0.2) is 96.4 Å². The first kappa shape index (κ1) is 54.3. The summed E-state index contributed by atoms with van der Waals surface area (Å²) in [5.74, 6) is -2.82. The van der Waals surface area contributed by atoms with Gasteiger partial charge in [-0.2, -0.15) is 0 Å². The lowest BCUT2D eigenvalue weighted by Gasteiger charge is -2.23. The lowest BCUT2D eigenvalue weighted by atomic mass is 9.90. The van der Waals surface area contributed by atoms with Crippen molar-refractivity contribution in [1.29, 1.82) is 0 Å². The number of carbonyl (C=O) groups excluding carboxylic acids is 7. The van der Waals surface area contributed by atoms with Crippen LogP contribution >= 0.6 is 0 Å². The molecule has 3 aromatic carbocycles. The summed E-state index contributed by atoms with van der Waals surface area (Å²) in [7, 11) is 1.46. The third kappa shape index (κ3) is 16.5. The van der Waals surface area contributed by atoms with E-state index in [-0.39, 0.29) is 60.7 Å². The van der Waals surface area contributed by atoms with Gasteiger partial charge in [0.15, 0.2) is 5.43 Å². The maximum Gasteiger partial charge on any atom is 0.251 e. The fourth-order valence-corrected chi connectivity index (χ4v) is 8.17. The zero-order valence-corrected chi connectivity index (χ0v) is 40.7. The zero-order chi connectivity index (χ0) is 51.5. The Morgan fingerprint density at radius 1 is 0.676 bits per heavy atom. The number of unbranched alkanes of at least 4 members (excludes halogenated alkanes) is 3. The molecule has 0 spiro atoms. The number of nitrogens with one attached hydrogen (secondary N) is 7. The van der Waals surface area contributed by atoms with Gasteiger partial charge in [-0.15, -0.1) is 0 Å². The number of hydrogen-bond donors (Lipinski definition) is 9. The Balaban J connectivity index is 1.10. The van der Waals surface area contributed by atoms with Crippen molar-refractivity contribution in [1.82, 2.24) is 37.2 Å². The van der Waals surface area contributed by atoms with Gasteiger partial charge < -0.3 is 51.8 Å². The first-order valence-electron chi connectivity index (χ1n) is 24.0. The van der Waals surface area contributed by atoms with Crippen LogP contribution in [0.1, 0.15) is 93.6 Å². The largest absolute Gasteiger partial charge is 0.508 e. The summed E-state index contributed by atoms with van der Waals surface area (Å²) in [6.45, 7) is 5.02. The van der Waals surface area contributed by atoms with Gasteiger partial charge in [0.05, 0.1) is 13.2 Å². The fraction of sp³-hybridized carbons (Fsp3) is 0.396. The van der Waals surface area contributed by atoms with Gasteiger partial charge in [0.1, 0.15) is 35.2 Å². The van der Waals surface area contributed by atoms with Crippen LogP contribution < -0.4 is 42.6 Å². The molecule has 0 saturated carbocycles. The minimum absolute atomic E-state index is 0.0143. The standard InChI is InChI=1S/C53H65N7O11/c1-32(2)25-43(52(69)57-30-48(66)58-42(15-10-12-23-55-33(3)62)53(70)60-44(51(68)54-4)26-34-13-7-5-8-14-34)59-47(65)16-9-6-11-24-56-50(67)35-17-20-39(36(27-35)31-61)49-40-21-18-37(63)28-45(40)71-46-29-38(64)19-22-41(46)49/h5,7-8,13-14,17-22,27-29,32,42-44,61,63H,6,9-12,15-16,23-26,30-31H2,1-4H3,(H,54,68)(H,55,62)(H,56,67)(H,57,69)(H,58,66)(H,59,65)(H,60,70)/t42-,43-,44-/m0/s1. The summed E-state index contributed by atoms with van der Waals surface area (Å²) in [4.78, 5) is 103. The third-order valence-corrected chi connectivity index (χ3v) is 11.7. The molecule has 1 aliphatic heterocycles. The van der Waals surface area contributed by atoms with E-state index in [1.54, 1.807) is 30.3 Å². The second-order valence-electron chi connectivity index (χ2n) is 17.8. The first-order valence-corrected chi connectivity index (χ1v) is 24.0. The molecule has 5 rings (SSSR count). The van der Waals surface area contributed by atoms with Gasteiger partial charge in [-0.3, -0.25) is 38.4 Å². The van der Waals surface area contributed by atoms with Crippen LogP contribution in [0.2, 0.25) is 0 Å². The van der Waals surface area contributed by atoms with E-state index >= 15 is 0 Å². The highest BCUT2D eigenvalue weighted by atomic mass is 16.3. The highest BCUT2D eigenvalue weighted by Gasteiger charge is 2.28. The predicted molar refractivity (Wildman–Crippen MR) is 268 cm³/mol. The van der Waals surface area contributed by atoms with Crippen LogP contribution in [0.3, 0.4) is 0 Å². The Morgan fingerprint density at radius 3 is 2.11 bits per heavy atom. The lowest BCUT2D eigenvalue weighted by Crippen LogP contribution is -2.55. The summed E-state index contributed by atoms with van der Waals surface area (Å²) in [6.07, 6.45) is 3.43. The number of hydrogen-bond acceptors (Lipinski definition) is 11. The Bertz CT molecular complexity index is 2690. The summed E-state index contributed by atoms with van der Waals surface area (Å²) >= 11 is 0. The molecule has 0 radical (unpaired) electrons. The van der Waals surface area contributed by atoms with Crippen molar-refractivity contribution < 1.29 is 48.2 Å². The number of aliphatic hydroxyl groups is 1. The lowest BCUT2D eigenvalue weighted by molar-refractivity contribution is -0.133. The van der Waals surface area contributed by atoms with E-state index in [9.17, 15) is 48.6 Å². The number of fused-ring (bicyclic) bond motifs is 2. The molecule has 71 heavy (non-hydrogen) atoms. The Morgan fingerprint density at radius 2 is 1.39 bits per heavy atom. The molecule has 0 aromatic heterocycles. The third-order valence-electron chi connectivity index (χ3n) is 11.7. The van der Waals surface area contributed by atoms with E-state index in [0.717, 1.165) is 5.56 Å². The first-order chi connectivity index (χ1) is 34.1. The molecule has 18 nitrogen and oxygen atoms in total. The number of amides is 7. The van der Waals surface area contributed by atoms with E-state index < -0.39 is 48.3 Å². The molecular formula is C53H65N7O11. The molecule has 1 heterocycles. The Labute approximate surface area is 412 Å². The average molecular weight is 976 g/mol. The number of carbonyl (C=O) groups is 7. The van der Waals surface area contributed by atoms with Crippen molar-refractivity contribution in [2.24, 2.45) is 5.92 Å². The van der Waals surface area contributed by atoms with Gasteiger partial charge in [-0.1, -0.05) is 56.7 Å². The molecule has 378 valence electrons. The van der Waals surface area contributed by atoms with E-state index in [1.165, 1.54) is 38.2 Å². The molecule has 1 aliphatic carbocycles. The number of aromatic hydroxyl groups is 1. The van der Waals surface area contributed by atoms with Gasteiger partial charge in [0.25, 0.3) is 5.91 Å². The zero-order valence-electron chi connectivity index (χ0n) is 40.7. The van der Waals surface area contributed by atoms with Crippen LogP contribution in [0.25, 0.3) is 33.4 Å². The molecule has 3 aromatic rings. The maximum absolute atomic E-state index is 13.6. The molecule has 0 unspecified atom stereocenters. The van der Waals surface area contributed by atoms with Gasteiger partial charge in [-0.05, 0) is 97.5 Å². The van der Waals surface area contributed by atoms with Gasteiger partial charge >= 0.3 is 0 Å². The average Bonchev–Trinajstić information content (AvgIpc) is 3.34. The molecule has 0 saturated heterocycles. The normalized spacial score (nSPS) is 12.4. The number of likely N-dealkylation sites (N-methyl/N-ethyl adjacent to an activating group) is 1. The Kier molecular flexibility index (Phi) is 20.6. The number of benzene rings is 4. The number of rotatable bonds is 26. The maximum atomic E-state index is 13.6. The minimum Gasteiger partial charge on any atom is -0.508 e. The monoisotopic (exact) mass is 975 g/mol. The topological polar surface area (TPSA) is 274 Å². The van der Waals surface area contributed by atoms with Crippen molar-refractivity contribution in [2.75, 3.05) is 26.7 Å². The SMILES string of the molecule is CNC(=O)[C@H](Cc1ccccc1)NC(=O)[C@H](CCCCNC(C)=O)NC(=O)CNC(=O)[C@H](CC(C)C)NC(=O)CCCCCNC(=O)c1ccc(-c2c3ccc(=O)cc-3oc3cc(O)ccc23)c(CO)c1. The molecule has 3 atom stereocenters. The number of phenolic OH excluding ortho intramolecular Hbond substituents is 1. The van der Waals surface area contributed by atoms with Crippen LogP contribution in [0, 0.1) is 5.92 Å². The van der Waals surface area contributed by atoms with E-state index in [0.29, 0.717) is 96.2 Å². The van der Waals surface area contributed by atoms with Crippen molar-refractivity contribution in [3.63, 3.8) is 0 Å². The Hall–Kier alpha value is -7.60. The highest BCUT2D eigenvalue weighted by molar-refractivity contribution is 6.04. The number of aliphatic hydroxyl groups excluding tert-OH is 1. The van der Waals surface area contributed by atoms with Crippen molar-refractivity contribution in [3.05, 3.63) is 112 Å². The van der Waals surface area contributed by atoms with E-state index in [2.05, 4.69) is 37.2 Å². The summed E-state index contributed by atoms with van der Waals surface area (Å²) in [6, 6.07) is 20.3. The van der Waals surface area contributed by atoms with Crippen molar-refractivity contribution >= 4 is 52.3 Å². The molecule has 7 amide bonds.